The van der Waals surface area contributed by atoms with Crippen LogP contribution in [-0.2, 0) is 4.79 Å². The van der Waals surface area contributed by atoms with Crippen molar-refractivity contribution < 1.29 is 4.79 Å². The number of fused-ring (bicyclic) bond motifs is 1. The molecule has 7 nitrogen and oxygen atoms in total. The van der Waals surface area contributed by atoms with Gasteiger partial charge in [0.15, 0.2) is 5.65 Å². The van der Waals surface area contributed by atoms with Crippen molar-refractivity contribution in [2.24, 2.45) is 5.92 Å². The standard InChI is InChI=1S/C24H28N6O/c1-18-4-2-6-20(14-18)28-10-12-29(13-11-28)24(31)19-5-3-9-30(17-19)21-15-22-23(27-16-21)26-8-7-25-22/h2,4,6-8,14-16,19H,3,5,9-13,17H2,1H3. The van der Waals surface area contributed by atoms with Gasteiger partial charge in [-0.2, -0.15) is 0 Å². The second-order valence-electron chi connectivity index (χ2n) is 8.53. The highest BCUT2D eigenvalue weighted by Crippen LogP contribution is 2.26. The number of rotatable bonds is 3. The van der Waals surface area contributed by atoms with Gasteiger partial charge in [-0.25, -0.2) is 9.97 Å². The summed E-state index contributed by atoms with van der Waals surface area (Å²) in [7, 11) is 0. The molecule has 1 unspecified atom stereocenters. The summed E-state index contributed by atoms with van der Waals surface area (Å²) < 4.78 is 0. The molecule has 1 aromatic carbocycles. The topological polar surface area (TPSA) is 65.5 Å². The van der Waals surface area contributed by atoms with Crippen molar-refractivity contribution in [3.63, 3.8) is 0 Å². The van der Waals surface area contributed by atoms with Crippen LogP contribution in [0.25, 0.3) is 11.2 Å². The van der Waals surface area contributed by atoms with E-state index >= 15 is 0 Å². The van der Waals surface area contributed by atoms with Crippen LogP contribution in [0.15, 0.2) is 48.9 Å². The van der Waals surface area contributed by atoms with Gasteiger partial charge in [0.1, 0.15) is 5.52 Å². The van der Waals surface area contributed by atoms with E-state index in [1.807, 2.05) is 12.3 Å². The van der Waals surface area contributed by atoms with Crippen molar-refractivity contribution in [3.8, 4) is 0 Å². The zero-order chi connectivity index (χ0) is 21.2. The monoisotopic (exact) mass is 416 g/mol. The normalized spacial score (nSPS) is 19.6. The molecule has 2 aromatic heterocycles. The van der Waals surface area contributed by atoms with Crippen LogP contribution in [-0.4, -0.2) is 65.0 Å². The van der Waals surface area contributed by atoms with Crippen LogP contribution >= 0.6 is 0 Å². The third-order valence-corrected chi connectivity index (χ3v) is 6.40. The van der Waals surface area contributed by atoms with Gasteiger partial charge in [-0.3, -0.25) is 9.78 Å². The van der Waals surface area contributed by atoms with Crippen molar-refractivity contribution in [2.75, 3.05) is 49.1 Å². The Morgan fingerprint density at radius 1 is 0.935 bits per heavy atom. The molecule has 5 rings (SSSR count). The molecular weight excluding hydrogens is 388 g/mol. The maximum absolute atomic E-state index is 13.3. The Kier molecular flexibility index (Phi) is 5.40. The number of nitrogens with zero attached hydrogens (tertiary/aromatic N) is 6. The first-order valence-electron chi connectivity index (χ1n) is 11.1. The fraction of sp³-hybridized carbons (Fsp3) is 0.417. The first kappa shape index (κ1) is 19.7. The minimum atomic E-state index is 0.0387. The number of amides is 1. The van der Waals surface area contributed by atoms with Gasteiger partial charge in [-0.15, -0.1) is 0 Å². The van der Waals surface area contributed by atoms with Crippen LogP contribution in [0.4, 0.5) is 11.4 Å². The fourth-order valence-corrected chi connectivity index (χ4v) is 4.70. The molecule has 1 amide bonds. The van der Waals surface area contributed by atoms with E-state index < -0.39 is 0 Å². The SMILES string of the molecule is Cc1cccc(N2CCN(C(=O)C3CCCN(c4cnc5nccnc5c4)C3)CC2)c1. The number of aryl methyl sites for hydroxylation is 1. The maximum atomic E-state index is 13.3. The van der Waals surface area contributed by atoms with Crippen molar-refractivity contribution in [3.05, 3.63) is 54.5 Å². The van der Waals surface area contributed by atoms with Crippen LogP contribution in [0, 0.1) is 12.8 Å². The van der Waals surface area contributed by atoms with Gasteiger partial charge in [0, 0.05) is 57.3 Å². The second-order valence-corrected chi connectivity index (χ2v) is 8.53. The van der Waals surface area contributed by atoms with E-state index in [4.69, 9.17) is 0 Å². The quantitative estimate of drug-likeness (QED) is 0.654. The number of aromatic nitrogens is 3. The molecule has 160 valence electrons. The van der Waals surface area contributed by atoms with Crippen molar-refractivity contribution in [1.29, 1.82) is 0 Å². The smallest absolute Gasteiger partial charge is 0.227 e. The number of carbonyl (C=O) groups is 1. The number of piperazine rings is 1. The Morgan fingerprint density at radius 2 is 1.77 bits per heavy atom. The molecule has 0 radical (unpaired) electrons. The number of hydrogen-bond acceptors (Lipinski definition) is 6. The molecule has 0 bridgehead atoms. The first-order valence-corrected chi connectivity index (χ1v) is 11.1. The summed E-state index contributed by atoms with van der Waals surface area (Å²) in [5.74, 6) is 0.332. The Morgan fingerprint density at radius 3 is 2.61 bits per heavy atom. The number of benzene rings is 1. The maximum Gasteiger partial charge on any atom is 0.227 e. The van der Waals surface area contributed by atoms with E-state index in [9.17, 15) is 4.79 Å². The lowest BCUT2D eigenvalue weighted by Crippen LogP contribution is -2.52. The van der Waals surface area contributed by atoms with Gasteiger partial charge in [0.25, 0.3) is 0 Å². The molecular formula is C24H28N6O. The molecule has 2 aliphatic heterocycles. The lowest BCUT2D eigenvalue weighted by molar-refractivity contribution is -0.136. The van der Waals surface area contributed by atoms with Crippen LogP contribution < -0.4 is 9.80 Å². The molecule has 0 N–H and O–H groups in total. The summed E-state index contributed by atoms with van der Waals surface area (Å²) in [6.07, 6.45) is 7.16. The zero-order valence-corrected chi connectivity index (χ0v) is 17.9. The van der Waals surface area contributed by atoms with E-state index in [1.165, 1.54) is 11.3 Å². The number of anilines is 2. The minimum absolute atomic E-state index is 0.0387. The number of hydrogen-bond donors (Lipinski definition) is 0. The van der Waals surface area contributed by atoms with Gasteiger partial charge >= 0.3 is 0 Å². The number of carbonyl (C=O) groups excluding carboxylic acids is 1. The van der Waals surface area contributed by atoms with E-state index in [0.717, 1.165) is 63.3 Å². The van der Waals surface area contributed by atoms with Crippen molar-refractivity contribution in [2.45, 2.75) is 19.8 Å². The molecule has 0 saturated carbocycles. The van der Waals surface area contributed by atoms with Crippen molar-refractivity contribution in [1.82, 2.24) is 19.9 Å². The molecule has 0 aliphatic carbocycles. The highest BCUT2D eigenvalue weighted by molar-refractivity contribution is 5.80. The molecule has 1 atom stereocenters. The first-order chi connectivity index (χ1) is 15.2. The van der Waals surface area contributed by atoms with Gasteiger partial charge in [0.05, 0.1) is 17.8 Å². The molecule has 31 heavy (non-hydrogen) atoms. The van der Waals surface area contributed by atoms with Crippen LogP contribution in [0.5, 0.6) is 0 Å². The van der Waals surface area contributed by atoms with E-state index in [0.29, 0.717) is 11.6 Å². The lowest BCUT2D eigenvalue weighted by atomic mass is 9.95. The Labute approximate surface area is 182 Å². The number of piperidine rings is 1. The molecule has 3 aromatic rings. The highest BCUT2D eigenvalue weighted by Gasteiger charge is 2.31. The molecule has 7 heteroatoms. The van der Waals surface area contributed by atoms with Crippen LogP contribution in [0.3, 0.4) is 0 Å². The van der Waals surface area contributed by atoms with Gasteiger partial charge in [-0.05, 0) is 43.5 Å². The molecule has 2 fully saturated rings. The van der Waals surface area contributed by atoms with Gasteiger partial charge in [0.2, 0.25) is 5.91 Å². The Hall–Kier alpha value is -3.22. The molecule has 2 saturated heterocycles. The van der Waals surface area contributed by atoms with E-state index in [-0.39, 0.29) is 5.92 Å². The third kappa shape index (κ3) is 4.17. The fourth-order valence-electron chi connectivity index (χ4n) is 4.70. The summed E-state index contributed by atoms with van der Waals surface area (Å²) >= 11 is 0. The zero-order valence-electron chi connectivity index (χ0n) is 17.9. The highest BCUT2D eigenvalue weighted by atomic mass is 16.2. The van der Waals surface area contributed by atoms with Crippen molar-refractivity contribution >= 4 is 28.4 Å². The van der Waals surface area contributed by atoms with E-state index in [2.05, 4.69) is 60.8 Å². The average Bonchev–Trinajstić information content (AvgIpc) is 2.83. The largest absolute Gasteiger partial charge is 0.369 e. The summed E-state index contributed by atoms with van der Waals surface area (Å²) in [5, 5.41) is 0. The molecule has 4 heterocycles. The Balaban J connectivity index is 1.22. The van der Waals surface area contributed by atoms with Gasteiger partial charge in [-0.1, -0.05) is 12.1 Å². The third-order valence-electron chi connectivity index (χ3n) is 6.40. The van der Waals surface area contributed by atoms with Crippen LogP contribution in [0.2, 0.25) is 0 Å². The van der Waals surface area contributed by atoms with Gasteiger partial charge < -0.3 is 14.7 Å². The summed E-state index contributed by atoms with van der Waals surface area (Å²) in [4.78, 5) is 33.1. The average molecular weight is 417 g/mol. The summed E-state index contributed by atoms with van der Waals surface area (Å²) in [6.45, 7) is 7.16. The van der Waals surface area contributed by atoms with E-state index in [1.54, 1.807) is 12.4 Å². The number of pyridine rings is 1. The minimum Gasteiger partial charge on any atom is -0.369 e. The predicted molar refractivity (Wildman–Crippen MR) is 122 cm³/mol. The Bertz CT molecular complexity index is 1080. The summed E-state index contributed by atoms with van der Waals surface area (Å²) in [5.41, 5.74) is 4.99. The summed E-state index contributed by atoms with van der Waals surface area (Å²) in [6, 6.07) is 10.6. The molecule has 2 aliphatic rings. The predicted octanol–water partition coefficient (Wildman–Crippen LogP) is 2.90. The van der Waals surface area contributed by atoms with Crippen LogP contribution in [0.1, 0.15) is 18.4 Å². The molecule has 0 spiro atoms. The second kappa shape index (κ2) is 8.49. The lowest BCUT2D eigenvalue weighted by Gasteiger charge is -2.40.